The van der Waals surface area contributed by atoms with Crippen LogP contribution in [-0.2, 0) is 25.9 Å². The number of hydrogen-bond acceptors (Lipinski definition) is 21. The zero-order chi connectivity index (χ0) is 58.9. The van der Waals surface area contributed by atoms with E-state index in [2.05, 4.69) is 171 Å². The van der Waals surface area contributed by atoms with E-state index in [1.165, 1.54) is 65.0 Å². The maximum atomic E-state index is 12.9. The summed E-state index contributed by atoms with van der Waals surface area (Å²) in [6, 6.07) is 6.93. The Balaban J connectivity index is 0.000000207. The minimum absolute atomic E-state index is 0. The maximum absolute atomic E-state index is 12.9. The lowest BCUT2D eigenvalue weighted by molar-refractivity contribution is 0.0615. The number of H-pyrrole nitrogens is 2. The molecule has 84 heavy (non-hydrogen) atoms. The number of hydrogen-bond donors (Lipinski definition) is 5. The zero-order valence-corrected chi connectivity index (χ0v) is 51.9. The predicted molar refractivity (Wildman–Crippen MR) is 340 cm³/mol. The third kappa shape index (κ3) is 18.5. The van der Waals surface area contributed by atoms with Crippen LogP contribution >= 0.6 is 15.9 Å². The number of aromatic carboxylic acids is 1. The summed E-state index contributed by atoms with van der Waals surface area (Å²) >= 11 is 3.25. The molecule has 6 aromatic heterocycles. The Labute approximate surface area is 507 Å². The van der Waals surface area contributed by atoms with Crippen LogP contribution in [-0.4, -0.2) is 269 Å². The van der Waals surface area contributed by atoms with Gasteiger partial charge in [-0.15, -0.1) is 0 Å². The van der Waals surface area contributed by atoms with Crippen LogP contribution in [0.3, 0.4) is 0 Å². The normalized spacial score (nSPS) is 17.2. The number of nitrogens with one attached hydrogen (secondary N) is 3. The number of aromatic amines is 2. The molecule has 0 atom stereocenters. The molecular weight excluding hydrogens is 1130 g/mol. The molecule has 6 aromatic rings. The number of carbonyl (C=O) groups excluding carboxylic acids is 1. The Kier molecular flexibility index (Phi) is 28.1. The average Bonchev–Trinajstić information content (AvgIpc) is 2.71. The molecule has 4 saturated heterocycles. The van der Waals surface area contributed by atoms with E-state index in [1.54, 1.807) is 12.5 Å². The number of halogens is 1. The molecule has 468 valence electrons. The van der Waals surface area contributed by atoms with Crippen molar-refractivity contribution in [2.24, 2.45) is 5.73 Å². The van der Waals surface area contributed by atoms with Crippen LogP contribution in [0.1, 0.15) is 98.0 Å². The van der Waals surface area contributed by atoms with Gasteiger partial charge >= 0.3 is 5.97 Å². The van der Waals surface area contributed by atoms with Gasteiger partial charge in [-0.05, 0) is 101 Å². The number of alkyl halides is 1. The Morgan fingerprint density at radius 1 is 0.643 bits per heavy atom. The lowest BCUT2D eigenvalue weighted by atomic mass is 10.0. The van der Waals surface area contributed by atoms with Crippen molar-refractivity contribution in [1.82, 2.24) is 79.8 Å². The first-order chi connectivity index (χ1) is 39.5. The third-order valence-corrected chi connectivity index (χ3v) is 16.7. The monoisotopic (exact) mass is 1230 g/mol. The van der Waals surface area contributed by atoms with Crippen molar-refractivity contribution in [2.45, 2.75) is 104 Å². The number of nitrogens with two attached hydrogens (primary N) is 1. The number of aromatic nitrogens is 8. The number of fused-ring (bicyclic) bond motifs is 4. The molecule has 6 aliphatic heterocycles. The van der Waals surface area contributed by atoms with Gasteiger partial charge in [-0.2, -0.15) is 0 Å². The van der Waals surface area contributed by atoms with E-state index in [4.69, 9.17) is 19.9 Å². The summed E-state index contributed by atoms with van der Waals surface area (Å²) in [6.45, 7) is 20.4. The molecule has 0 saturated carbocycles. The lowest BCUT2D eigenvalue weighted by Crippen LogP contribution is -2.58. The van der Waals surface area contributed by atoms with Crippen LogP contribution in [0.25, 0.3) is 22.1 Å². The van der Waals surface area contributed by atoms with Crippen LogP contribution in [0.4, 0.5) is 11.6 Å². The van der Waals surface area contributed by atoms with E-state index in [9.17, 15) is 9.59 Å². The molecule has 0 amide bonds. The molecule has 0 spiro atoms. The number of Topliss-reactive ketones (excluding diaryl/α,β-unsaturated/α-hetero) is 1. The molecule has 4 fully saturated rings. The zero-order valence-electron chi connectivity index (χ0n) is 50.3. The Morgan fingerprint density at radius 3 is 1.45 bits per heavy atom. The second kappa shape index (κ2) is 34.0. The third-order valence-electron chi connectivity index (χ3n) is 15.9. The van der Waals surface area contributed by atoms with Crippen molar-refractivity contribution in [3.05, 3.63) is 71.2 Å². The summed E-state index contributed by atoms with van der Waals surface area (Å²) in [5.41, 5.74) is 8.98. The standard InChI is InChI=1S/C21H27N7O2.C13H11N5O3.C8H18N2.C7H17N3.C5H12N2.C3H7Br.2CH4/c1-26(2)14-10-27(11-14)8-3-4-17(29)19-16-12-28(9-6-18(16)30-25-19)21-15-5-7-22-20(15)23-13-24-21;19-13(20)10-8-5-18(4-2-9(8)21-17-10)12-7-1-3-14-11(7)15-6-16-12;1-4-5-10-6-8(7-10)9(2)3;1-9(2)7-5-10(6-7)4-3-8;1-7(2)5-3-6-4-5;1-2-3-4;;/h5,7,13-14H,3-4,6,8-12H2,1-2H3,(H,22,23,24);1,3,6H,2,4-5H2,(H,19,20)(H,14,15,16);8H,4-7H2,1-3H3;7H,3-6,8H2,1-2H3;5-6H,3-4H2,1-2H3;2-3H2,1H3;2*1H4. The van der Waals surface area contributed by atoms with Crippen LogP contribution in [0.2, 0.25) is 0 Å². The number of likely N-dealkylation sites (N-methyl/N-ethyl adjacent to an activating group) is 4. The second-order valence-corrected chi connectivity index (χ2v) is 23.6. The lowest BCUT2D eigenvalue weighted by Gasteiger charge is -2.42. The number of anilines is 2. The van der Waals surface area contributed by atoms with Crippen molar-refractivity contribution < 1.29 is 23.7 Å². The van der Waals surface area contributed by atoms with Gasteiger partial charge in [0.15, 0.2) is 17.2 Å². The first kappa shape index (κ1) is 69.3. The van der Waals surface area contributed by atoms with E-state index in [0.717, 1.165) is 114 Å². The smallest absolute Gasteiger partial charge is 0.358 e. The van der Waals surface area contributed by atoms with Gasteiger partial charge in [-0.3, -0.25) is 9.69 Å². The molecule has 12 heterocycles. The number of likely N-dealkylation sites (tertiary alicyclic amines) is 3. The maximum Gasteiger partial charge on any atom is 0.358 e. The van der Waals surface area contributed by atoms with E-state index in [0.29, 0.717) is 62.0 Å². The molecule has 0 radical (unpaired) electrons. The summed E-state index contributed by atoms with van der Waals surface area (Å²) < 4.78 is 10.6. The first-order valence-corrected chi connectivity index (χ1v) is 30.2. The molecule has 6 N–H and O–H groups in total. The fourth-order valence-corrected chi connectivity index (χ4v) is 10.3. The molecular formula is C59H100BrN19O5. The quantitative estimate of drug-likeness (QED) is 0.0570. The fourth-order valence-electron chi connectivity index (χ4n) is 10.3. The summed E-state index contributed by atoms with van der Waals surface area (Å²) in [5.74, 6) is 2.12. The number of ketones is 1. The molecule has 12 rings (SSSR count). The van der Waals surface area contributed by atoms with Gasteiger partial charge in [0, 0.05) is 151 Å². The average molecular weight is 1240 g/mol. The Hall–Kier alpha value is -5.48. The number of nitrogens with zero attached hydrogens (tertiary/aromatic N) is 15. The molecule has 25 heteroatoms. The highest BCUT2D eigenvalue weighted by Crippen LogP contribution is 2.32. The van der Waals surface area contributed by atoms with E-state index in [-0.39, 0.29) is 26.3 Å². The Morgan fingerprint density at radius 2 is 1.07 bits per heavy atom. The van der Waals surface area contributed by atoms with Gasteiger partial charge in [0.2, 0.25) is 0 Å². The second-order valence-electron chi connectivity index (χ2n) is 22.8. The minimum atomic E-state index is -1.07. The highest BCUT2D eigenvalue weighted by molar-refractivity contribution is 9.09. The molecule has 0 aliphatic carbocycles. The molecule has 0 bridgehead atoms. The highest BCUT2D eigenvalue weighted by Gasteiger charge is 2.33. The number of carbonyl (C=O) groups is 2. The van der Waals surface area contributed by atoms with Crippen LogP contribution < -0.4 is 20.9 Å². The molecule has 6 aliphatic rings. The van der Waals surface area contributed by atoms with Crippen molar-refractivity contribution in [3.63, 3.8) is 0 Å². The van der Waals surface area contributed by atoms with Gasteiger partial charge < -0.3 is 74.4 Å². The Bertz CT molecular complexity index is 2840. The van der Waals surface area contributed by atoms with Crippen LogP contribution in [0.15, 0.2) is 46.2 Å². The van der Waals surface area contributed by atoms with Gasteiger partial charge in [-0.25, -0.2) is 24.7 Å². The van der Waals surface area contributed by atoms with Crippen molar-refractivity contribution in [1.29, 1.82) is 0 Å². The SMILES string of the molecule is C.C.CCCBr.CCCN1CC(N(C)C)C1.CN(C)C1CN(CCCC(=O)c2noc3c2CN(c2ncnc4[nH]ccc24)CC3)C1.CN(C)C1CN(CCN)C1.CN(C)C1CNC1.O=C(O)c1noc2c1CN(c1ncnc3[nH]ccc13)CC2. The summed E-state index contributed by atoms with van der Waals surface area (Å²) in [6.07, 6.45) is 11.9. The van der Waals surface area contributed by atoms with Gasteiger partial charge in [0.05, 0.1) is 23.9 Å². The molecule has 0 aromatic carbocycles. The van der Waals surface area contributed by atoms with Gasteiger partial charge in [-0.1, -0.05) is 54.9 Å². The van der Waals surface area contributed by atoms with Crippen molar-refractivity contribution in [3.8, 4) is 0 Å². The number of rotatable bonds is 17. The summed E-state index contributed by atoms with van der Waals surface area (Å²) in [5, 5.41) is 23.2. The van der Waals surface area contributed by atoms with Crippen LogP contribution in [0.5, 0.6) is 0 Å². The predicted octanol–water partition coefficient (Wildman–Crippen LogP) is 5.34. The molecule has 24 nitrogen and oxygen atoms in total. The van der Waals surface area contributed by atoms with Crippen LogP contribution in [0, 0.1) is 0 Å². The summed E-state index contributed by atoms with van der Waals surface area (Å²) in [4.78, 5) is 68.0. The van der Waals surface area contributed by atoms with Crippen molar-refractivity contribution >= 4 is 61.4 Å². The fraction of sp³-hybridized carbons (Fsp3) is 0.661. The number of carboxylic acid groups (broad SMARTS) is 1. The van der Waals surface area contributed by atoms with E-state index >= 15 is 0 Å². The summed E-state index contributed by atoms with van der Waals surface area (Å²) in [7, 11) is 17.0. The first-order valence-electron chi connectivity index (χ1n) is 29.1. The highest BCUT2D eigenvalue weighted by atomic mass is 79.9. The minimum Gasteiger partial charge on any atom is -0.476 e. The molecule has 0 unspecified atom stereocenters. The topological polar surface area (TPSA) is 257 Å². The largest absolute Gasteiger partial charge is 0.476 e. The van der Waals surface area contributed by atoms with E-state index in [1.807, 2.05) is 23.2 Å². The van der Waals surface area contributed by atoms with E-state index < -0.39 is 5.97 Å². The van der Waals surface area contributed by atoms with Crippen molar-refractivity contribution in [2.75, 3.05) is 163 Å². The number of carboxylic acids is 1. The van der Waals surface area contributed by atoms with Gasteiger partial charge in [0.25, 0.3) is 0 Å². The van der Waals surface area contributed by atoms with Gasteiger partial charge in [0.1, 0.15) is 47.1 Å².